The molecule has 2 aliphatic heterocycles. The van der Waals surface area contributed by atoms with Crippen LogP contribution in [0, 0.1) is 0 Å². The third kappa shape index (κ3) is 5.59. The first-order chi connectivity index (χ1) is 13.2. The predicted molar refractivity (Wildman–Crippen MR) is 113 cm³/mol. The van der Waals surface area contributed by atoms with Gasteiger partial charge in [-0.1, -0.05) is 31.4 Å². The van der Waals surface area contributed by atoms with Crippen molar-refractivity contribution in [2.24, 2.45) is 0 Å². The summed E-state index contributed by atoms with van der Waals surface area (Å²) in [6.07, 6.45) is 13.9. The number of allylic oxidation sites excluding steroid dienone is 1. The molecule has 0 aromatic carbocycles. The Morgan fingerprint density at radius 1 is 1.33 bits per heavy atom. The van der Waals surface area contributed by atoms with Gasteiger partial charge in [-0.15, -0.1) is 0 Å². The number of cyclic esters (lactones) is 1. The lowest BCUT2D eigenvalue weighted by molar-refractivity contribution is 0.121. The van der Waals surface area contributed by atoms with E-state index in [9.17, 15) is 4.79 Å². The molecule has 0 spiro atoms. The maximum atomic E-state index is 12.2. The molecule has 1 aliphatic carbocycles. The molecule has 27 heavy (non-hydrogen) atoms. The molecular formula is C21H35N3O2S. The third-order valence-electron chi connectivity index (χ3n) is 6.15. The molecule has 2 fully saturated rings. The van der Waals surface area contributed by atoms with Crippen LogP contribution >= 0.6 is 12.2 Å². The number of rotatable bonds is 7. The first-order valence-electron chi connectivity index (χ1n) is 10.8. The number of hydrogen-bond donors (Lipinski definition) is 1. The Morgan fingerprint density at radius 3 is 2.85 bits per heavy atom. The lowest BCUT2D eigenvalue weighted by Gasteiger charge is -2.39. The van der Waals surface area contributed by atoms with Gasteiger partial charge in [0.2, 0.25) is 0 Å². The molecule has 6 heteroatoms. The number of carbonyl (C=O) groups excluding carboxylic acids is 1. The molecular weight excluding hydrogens is 358 g/mol. The van der Waals surface area contributed by atoms with Crippen molar-refractivity contribution in [3.63, 3.8) is 0 Å². The summed E-state index contributed by atoms with van der Waals surface area (Å²) in [7, 11) is 0. The van der Waals surface area contributed by atoms with Crippen molar-refractivity contribution in [2.45, 2.75) is 83.2 Å². The number of hydrogen-bond acceptors (Lipinski definition) is 3. The average Bonchev–Trinajstić information content (AvgIpc) is 3.07. The highest BCUT2D eigenvalue weighted by molar-refractivity contribution is 7.80. The van der Waals surface area contributed by atoms with Gasteiger partial charge in [-0.2, -0.15) is 0 Å². The van der Waals surface area contributed by atoms with E-state index in [0.29, 0.717) is 12.6 Å². The Kier molecular flexibility index (Phi) is 7.80. The molecule has 2 heterocycles. The van der Waals surface area contributed by atoms with Crippen molar-refractivity contribution >= 4 is 23.4 Å². The van der Waals surface area contributed by atoms with Gasteiger partial charge in [0.05, 0.1) is 6.04 Å². The highest BCUT2D eigenvalue weighted by Gasteiger charge is 2.39. The number of nitrogens with zero attached hydrogens (tertiary/aromatic N) is 2. The molecule has 2 saturated heterocycles. The van der Waals surface area contributed by atoms with Crippen molar-refractivity contribution in [3.8, 4) is 0 Å². The van der Waals surface area contributed by atoms with E-state index < -0.39 is 0 Å². The van der Waals surface area contributed by atoms with Crippen LogP contribution in [0.1, 0.15) is 71.1 Å². The molecule has 1 unspecified atom stereocenters. The topological polar surface area (TPSA) is 44.8 Å². The quantitative estimate of drug-likeness (QED) is 0.518. The van der Waals surface area contributed by atoms with Crippen LogP contribution in [0.2, 0.25) is 0 Å². The van der Waals surface area contributed by atoms with Crippen LogP contribution in [0.3, 0.4) is 0 Å². The van der Waals surface area contributed by atoms with Crippen molar-refractivity contribution in [2.75, 3.05) is 26.2 Å². The second-order valence-electron chi connectivity index (χ2n) is 8.09. The summed E-state index contributed by atoms with van der Waals surface area (Å²) in [4.78, 5) is 16.5. The SMILES string of the molecule is CCCCC1COC(=O)N1C1CCN(C(=S)NCCC2=CCCCC2)CC1. The number of ether oxygens (including phenoxy) is 1. The van der Waals surface area contributed by atoms with Gasteiger partial charge in [0.1, 0.15) is 6.61 Å². The normalized spacial score (nSPS) is 24.0. The molecule has 0 aromatic heterocycles. The Balaban J connectivity index is 1.40. The molecule has 152 valence electrons. The molecule has 1 atom stereocenters. The van der Waals surface area contributed by atoms with Crippen molar-refractivity contribution in [1.29, 1.82) is 0 Å². The van der Waals surface area contributed by atoms with E-state index in [-0.39, 0.29) is 12.1 Å². The number of unbranched alkanes of at least 4 members (excludes halogenated alkanes) is 1. The molecule has 1 amide bonds. The van der Waals surface area contributed by atoms with Crippen molar-refractivity contribution in [3.05, 3.63) is 11.6 Å². The summed E-state index contributed by atoms with van der Waals surface area (Å²) in [6, 6.07) is 0.566. The number of thiocarbonyl (C=S) groups is 1. The largest absolute Gasteiger partial charge is 0.447 e. The number of likely N-dealkylation sites (tertiary alicyclic amines) is 1. The second-order valence-corrected chi connectivity index (χ2v) is 8.48. The minimum atomic E-state index is -0.115. The van der Waals surface area contributed by atoms with Crippen LogP contribution in [0.5, 0.6) is 0 Å². The van der Waals surface area contributed by atoms with Crippen LogP contribution < -0.4 is 5.32 Å². The molecule has 3 aliphatic rings. The van der Waals surface area contributed by atoms with Crippen LogP contribution in [0.15, 0.2) is 11.6 Å². The fourth-order valence-corrected chi connectivity index (χ4v) is 4.79. The molecule has 0 aromatic rings. The van der Waals surface area contributed by atoms with Gasteiger partial charge >= 0.3 is 6.09 Å². The maximum absolute atomic E-state index is 12.2. The van der Waals surface area contributed by atoms with Crippen LogP contribution in [0.25, 0.3) is 0 Å². The molecule has 0 saturated carbocycles. The van der Waals surface area contributed by atoms with E-state index >= 15 is 0 Å². The van der Waals surface area contributed by atoms with E-state index in [1.165, 1.54) is 25.7 Å². The first-order valence-corrected chi connectivity index (χ1v) is 11.3. The highest BCUT2D eigenvalue weighted by atomic mass is 32.1. The smallest absolute Gasteiger partial charge is 0.410 e. The van der Waals surface area contributed by atoms with Gasteiger partial charge in [-0.05, 0) is 63.6 Å². The summed E-state index contributed by atoms with van der Waals surface area (Å²) in [5.74, 6) is 0. The van der Waals surface area contributed by atoms with Gasteiger partial charge in [0.15, 0.2) is 5.11 Å². The predicted octanol–water partition coefficient (Wildman–Crippen LogP) is 4.23. The maximum Gasteiger partial charge on any atom is 0.410 e. The summed E-state index contributed by atoms with van der Waals surface area (Å²) >= 11 is 5.61. The molecule has 0 bridgehead atoms. The Bertz CT molecular complexity index is 544. The molecule has 3 rings (SSSR count). The van der Waals surface area contributed by atoms with Crippen molar-refractivity contribution in [1.82, 2.24) is 15.1 Å². The van der Waals surface area contributed by atoms with Gasteiger partial charge < -0.3 is 15.0 Å². The zero-order chi connectivity index (χ0) is 19.1. The lowest BCUT2D eigenvalue weighted by Crippen LogP contribution is -2.51. The van der Waals surface area contributed by atoms with E-state index in [0.717, 1.165) is 63.3 Å². The molecule has 5 nitrogen and oxygen atoms in total. The molecule has 0 radical (unpaired) electrons. The zero-order valence-electron chi connectivity index (χ0n) is 16.8. The number of amides is 1. The lowest BCUT2D eigenvalue weighted by atomic mass is 9.97. The Morgan fingerprint density at radius 2 is 2.15 bits per heavy atom. The summed E-state index contributed by atoms with van der Waals surface area (Å²) < 4.78 is 5.34. The van der Waals surface area contributed by atoms with Gasteiger partial charge in [-0.3, -0.25) is 4.90 Å². The fraction of sp³-hybridized carbons (Fsp3) is 0.810. The van der Waals surface area contributed by atoms with Crippen LogP contribution in [-0.2, 0) is 4.74 Å². The zero-order valence-corrected chi connectivity index (χ0v) is 17.6. The number of nitrogens with one attached hydrogen (secondary N) is 1. The van der Waals surface area contributed by atoms with Gasteiger partial charge in [-0.25, -0.2) is 4.79 Å². The van der Waals surface area contributed by atoms with Crippen LogP contribution in [-0.4, -0.2) is 59.3 Å². The van der Waals surface area contributed by atoms with E-state index in [2.05, 4.69) is 23.2 Å². The van der Waals surface area contributed by atoms with E-state index in [1.54, 1.807) is 5.57 Å². The third-order valence-corrected chi connectivity index (χ3v) is 6.55. The minimum absolute atomic E-state index is 0.115. The Labute approximate surface area is 169 Å². The number of piperidine rings is 1. The number of carbonyl (C=O) groups is 1. The summed E-state index contributed by atoms with van der Waals surface area (Å²) in [6.45, 7) is 5.53. The Hall–Kier alpha value is -1.30. The second kappa shape index (κ2) is 10.3. The fourth-order valence-electron chi connectivity index (χ4n) is 4.50. The average molecular weight is 394 g/mol. The van der Waals surface area contributed by atoms with E-state index in [1.807, 2.05) is 4.90 Å². The first kappa shape index (κ1) is 20.4. The van der Waals surface area contributed by atoms with Gasteiger partial charge in [0.25, 0.3) is 0 Å². The standard InChI is InChI=1S/C21H35N3O2S/c1-2-3-9-19-16-26-21(25)24(19)18-11-14-23(15-12-18)20(27)22-13-10-17-7-5-4-6-8-17/h7,18-19H,2-6,8-16H2,1H3,(H,22,27). The molecule has 1 N–H and O–H groups in total. The summed E-state index contributed by atoms with van der Waals surface area (Å²) in [5.41, 5.74) is 1.58. The van der Waals surface area contributed by atoms with Gasteiger partial charge in [0, 0.05) is 25.7 Å². The summed E-state index contributed by atoms with van der Waals surface area (Å²) in [5, 5.41) is 4.31. The minimum Gasteiger partial charge on any atom is -0.447 e. The monoisotopic (exact) mass is 393 g/mol. The van der Waals surface area contributed by atoms with E-state index in [4.69, 9.17) is 17.0 Å². The van der Waals surface area contributed by atoms with Crippen LogP contribution in [0.4, 0.5) is 4.79 Å². The van der Waals surface area contributed by atoms with Crippen molar-refractivity contribution < 1.29 is 9.53 Å². The highest BCUT2D eigenvalue weighted by Crippen LogP contribution is 2.26.